The van der Waals surface area contributed by atoms with E-state index in [4.69, 9.17) is 6.58 Å². The van der Waals surface area contributed by atoms with E-state index < -0.39 is 0 Å². The fourth-order valence-electron chi connectivity index (χ4n) is 1.22. The van der Waals surface area contributed by atoms with Crippen LogP contribution in [0.5, 0.6) is 0 Å². The third kappa shape index (κ3) is 7.64. The van der Waals surface area contributed by atoms with Gasteiger partial charge in [0.2, 0.25) is 0 Å². The Labute approximate surface area is 71.7 Å². The highest BCUT2D eigenvalue weighted by atomic mass is 14.1. The van der Waals surface area contributed by atoms with Gasteiger partial charge in [-0.3, -0.25) is 0 Å². The van der Waals surface area contributed by atoms with Crippen LogP contribution in [0, 0.1) is 18.4 Å². The van der Waals surface area contributed by atoms with Crippen LogP contribution in [-0.2, 0) is 0 Å². The highest BCUT2D eigenvalue weighted by molar-refractivity contribution is 4.67. The van der Waals surface area contributed by atoms with Crippen LogP contribution >= 0.6 is 0 Å². The average molecular weight is 153 g/mol. The van der Waals surface area contributed by atoms with Gasteiger partial charge in [-0.2, -0.15) is 0 Å². The molecule has 0 aromatic carbocycles. The van der Waals surface area contributed by atoms with Gasteiger partial charge in [0.05, 0.1) is 0 Å². The molecule has 0 N–H and O–H groups in total. The van der Waals surface area contributed by atoms with E-state index in [0.29, 0.717) is 0 Å². The van der Waals surface area contributed by atoms with E-state index in [9.17, 15) is 0 Å². The molecule has 0 saturated heterocycles. The summed E-state index contributed by atoms with van der Waals surface area (Å²) in [5, 5.41) is 0. The van der Waals surface area contributed by atoms with Crippen molar-refractivity contribution in [1.29, 1.82) is 0 Å². The highest BCUT2D eigenvalue weighted by Gasteiger charge is 2.00. The summed E-state index contributed by atoms with van der Waals surface area (Å²) in [4.78, 5) is 0. The summed E-state index contributed by atoms with van der Waals surface area (Å²) >= 11 is 0. The van der Waals surface area contributed by atoms with Gasteiger partial charge >= 0.3 is 0 Å². The molecule has 1 unspecified atom stereocenters. The first-order valence-electron chi connectivity index (χ1n) is 4.70. The lowest BCUT2D eigenvalue weighted by atomic mass is 9.97. The van der Waals surface area contributed by atoms with Gasteiger partial charge in [-0.15, -0.1) is 0 Å². The van der Waals surface area contributed by atoms with Crippen molar-refractivity contribution in [2.75, 3.05) is 0 Å². The second-order valence-electron chi connectivity index (χ2n) is 3.90. The second-order valence-corrected chi connectivity index (χ2v) is 3.90. The topological polar surface area (TPSA) is 0 Å². The minimum Gasteiger partial charge on any atom is -0.0843 e. The molecule has 0 aliphatic heterocycles. The van der Waals surface area contributed by atoms with Gasteiger partial charge in [0.1, 0.15) is 0 Å². The van der Waals surface area contributed by atoms with Gasteiger partial charge in [-0.05, 0) is 18.3 Å². The molecule has 11 heavy (non-hydrogen) atoms. The lowest BCUT2D eigenvalue weighted by Gasteiger charge is -2.09. The Kier molecular flexibility index (Phi) is 6.30. The second kappa shape index (κ2) is 6.45. The Balaban J connectivity index is 3.16. The lowest BCUT2D eigenvalue weighted by molar-refractivity contribution is 0.461. The SMILES string of the molecule is [CH]=CCC(C)CCCC(C)C. The minimum absolute atomic E-state index is 0.777. The van der Waals surface area contributed by atoms with Crippen LogP contribution in [0.15, 0.2) is 6.08 Å². The Bertz CT molecular complexity index is 92.2. The molecule has 0 heterocycles. The molecule has 1 atom stereocenters. The highest BCUT2D eigenvalue weighted by Crippen LogP contribution is 2.14. The monoisotopic (exact) mass is 153 g/mol. The van der Waals surface area contributed by atoms with Crippen LogP contribution in [0.3, 0.4) is 0 Å². The third-order valence-electron chi connectivity index (χ3n) is 2.02. The number of hydrogen-bond acceptors (Lipinski definition) is 0. The molecule has 0 saturated carbocycles. The molecule has 0 nitrogen and oxygen atoms in total. The Morgan fingerprint density at radius 2 is 1.82 bits per heavy atom. The van der Waals surface area contributed by atoms with Crippen molar-refractivity contribution in [3.05, 3.63) is 12.7 Å². The first-order chi connectivity index (χ1) is 5.16. The van der Waals surface area contributed by atoms with Crippen LogP contribution in [0.2, 0.25) is 0 Å². The van der Waals surface area contributed by atoms with Gasteiger partial charge in [0.15, 0.2) is 0 Å². The van der Waals surface area contributed by atoms with E-state index in [-0.39, 0.29) is 0 Å². The van der Waals surface area contributed by atoms with Crippen molar-refractivity contribution in [2.45, 2.75) is 46.5 Å². The maximum atomic E-state index is 5.34. The van der Waals surface area contributed by atoms with Crippen molar-refractivity contribution >= 4 is 0 Å². The smallest absolute Gasteiger partial charge is 0.0322 e. The maximum absolute atomic E-state index is 5.34. The first-order valence-corrected chi connectivity index (χ1v) is 4.70. The zero-order chi connectivity index (χ0) is 8.69. The number of hydrogen-bond donors (Lipinski definition) is 0. The third-order valence-corrected chi connectivity index (χ3v) is 2.02. The van der Waals surface area contributed by atoms with E-state index in [2.05, 4.69) is 20.8 Å². The van der Waals surface area contributed by atoms with E-state index in [1.807, 2.05) is 0 Å². The van der Waals surface area contributed by atoms with Crippen molar-refractivity contribution < 1.29 is 0 Å². The van der Waals surface area contributed by atoms with Crippen molar-refractivity contribution in [3.8, 4) is 0 Å². The van der Waals surface area contributed by atoms with E-state index >= 15 is 0 Å². The fraction of sp³-hybridized carbons (Fsp3) is 0.818. The molecule has 0 amide bonds. The Morgan fingerprint density at radius 3 is 2.27 bits per heavy atom. The molecule has 0 bridgehead atoms. The molecule has 0 aliphatic rings. The van der Waals surface area contributed by atoms with Gasteiger partial charge in [-0.1, -0.05) is 52.7 Å². The molecular weight excluding hydrogens is 132 g/mol. The molecule has 0 fully saturated rings. The average Bonchev–Trinajstić information content (AvgIpc) is 1.87. The summed E-state index contributed by atoms with van der Waals surface area (Å²) in [6, 6.07) is 0. The standard InChI is InChI=1S/C11H21/c1-5-7-11(4)9-6-8-10(2)3/h1,5,10-11H,6-9H2,2-4H3. The van der Waals surface area contributed by atoms with Crippen LogP contribution in [0.25, 0.3) is 0 Å². The summed E-state index contributed by atoms with van der Waals surface area (Å²) in [5.74, 6) is 1.63. The Morgan fingerprint density at radius 1 is 1.18 bits per heavy atom. The van der Waals surface area contributed by atoms with Crippen LogP contribution in [0.4, 0.5) is 0 Å². The molecule has 1 radical (unpaired) electrons. The minimum atomic E-state index is 0.777. The number of rotatable bonds is 6. The largest absolute Gasteiger partial charge is 0.0843 e. The van der Waals surface area contributed by atoms with Gasteiger partial charge in [0.25, 0.3) is 0 Å². The zero-order valence-electron chi connectivity index (χ0n) is 8.14. The summed E-state index contributed by atoms with van der Waals surface area (Å²) in [6.45, 7) is 12.2. The van der Waals surface area contributed by atoms with Crippen molar-refractivity contribution in [2.24, 2.45) is 11.8 Å². The summed E-state index contributed by atoms with van der Waals surface area (Å²) in [5.41, 5.74) is 0. The van der Waals surface area contributed by atoms with Gasteiger partial charge in [-0.25, -0.2) is 0 Å². The summed E-state index contributed by atoms with van der Waals surface area (Å²) in [7, 11) is 0. The first kappa shape index (κ1) is 10.7. The molecular formula is C11H21. The summed E-state index contributed by atoms with van der Waals surface area (Å²) in [6.07, 6.45) is 6.88. The molecule has 0 rings (SSSR count). The summed E-state index contributed by atoms with van der Waals surface area (Å²) < 4.78 is 0. The molecule has 65 valence electrons. The van der Waals surface area contributed by atoms with E-state index in [0.717, 1.165) is 18.3 Å². The zero-order valence-corrected chi connectivity index (χ0v) is 8.14. The maximum Gasteiger partial charge on any atom is -0.0322 e. The van der Waals surface area contributed by atoms with Gasteiger partial charge in [0, 0.05) is 0 Å². The predicted octanol–water partition coefficient (Wildman–Crippen LogP) is 3.83. The van der Waals surface area contributed by atoms with Crippen LogP contribution in [0.1, 0.15) is 46.5 Å². The molecule has 0 aliphatic carbocycles. The molecule has 0 aromatic heterocycles. The Hall–Kier alpha value is -0.260. The van der Waals surface area contributed by atoms with Crippen LogP contribution in [-0.4, -0.2) is 0 Å². The predicted molar refractivity (Wildman–Crippen MR) is 51.3 cm³/mol. The molecule has 0 heteroatoms. The molecule has 0 aromatic rings. The normalized spacial score (nSPS) is 13.5. The van der Waals surface area contributed by atoms with Gasteiger partial charge < -0.3 is 0 Å². The quantitative estimate of drug-likeness (QED) is 0.544. The fourth-order valence-corrected chi connectivity index (χ4v) is 1.22. The number of allylic oxidation sites excluding steroid dienone is 1. The van der Waals surface area contributed by atoms with Crippen molar-refractivity contribution in [1.82, 2.24) is 0 Å². The van der Waals surface area contributed by atoms with Crippen molar-refractivity contribution in [3.63, 3.8) is 0 Å². The van der Waals surface area contributed by atoms with E-state index in [1.54, 1.807) is 6.08 Å². The lowest BCUT2D eigenvalue weighted by Crippen LogP contribution is -1.94. The van der Waals surface area contributed by atoms with Crippen LogP contribution < -0.4 is 0 Å². The molecule has 0 spiro atoms. The van der Waals surface area contributed by atoms with E-state index in [1.165, 1.54) is 19.3 Å².